The second-order valence-electron chi connectivity index (χ2n) is 12.3. The maximum atomic E-state index is 11.5. The van der Waals surface area contributed by atoms with E-state index in [9.17, 15) is 5.53 Å². The number of nitrogens with zero attached hydrogens (tertiary/aromatic N) is 2. The molecule has 0 spiro atoms. The van der Waals surface area contributed by atoms with E-state index in [2.05, 4.69) is 103 Å². The molecule has 0 bridgehead atoms. The minimum atomic E-state index is 0. The summed E-state index contributed by atoms with van der Waals surface area (Å²) in [7, 11) is 0. The molecule has 0 saturated heterocycles. The summed E-state index contributed by atoms with van der Waals surface area (Å²) in [5, 5.41) is 0. The van der Waals surface area contributed by atoms with Gasteiger partial charge in [-0.25, -0.2) is 4.70 Å². The predicted octanol–water partition coefficient (Wildman–Crippen LogP) is 13.9. The van der Waals surface area contributed by atoms with Crippen LogP contribution in [0.5, 0.6) is 0 Å². The van der Waals surface area contributed by atoms with Crippen molar-refractivity contribution in [1.29, 1.82) is 0 Å². The molecule has 1 heterocycles. The van der Waals surface area contributed by atoms with Gasteiger partial charge >= 0.3 is 20.4 Å². The summed E-state index contributed by atoms with van der Waals surface area (Å²) >= 11 is 0. The average Bonchev–Trinajstić information content (AvgIpc) is 3.39. The van der Waals surface area contributed by atoms with Gasteiger partial charge in [0.25, 0.3) is 0 Å². The van der Waals surface area contributed by atoms with Crippen molar-refractivity contribution in [3.8, 4) is 0 Å². The monoisotopic (exact) mass is 704 g/mol. The fourth-order valence-electron chi connectivity index (χ4n) is 5.23. The van der Waals surface area contributed by atoms with E-state index in [1.54, 1.807) is 0 Å². The Morgan fingerprint density at radius 2 is 1.00 bits per heavy atom. The van der Waals surface area contributed by atoms with Crippen molar-refractivity contribution in [3.63, 3.8) is 0 Å². The van der Waals surface area contributed by atoms with Crippen molar-refractivity contribution < 1.29 is 25.1 Å². The third-order valence-corrected chi connectivity index (χ3v) is 8.12. The van der Waals surface area contributed by atoms with E-state index in [0.717, 1.165) is 54.6 Å². The molecule has 2 nitrogen and oxygen atoms in total. The van der Waals surface area contributed by atoms with Crippen LogP contribution in [0.4, 0.5) is 0 Å². The standard InChI is InChI=1S/C34H48N2.2C4H9.Pd/c1-4-7-10-11-12-13-14-15-22-32-27-33(30-23-16-20-28(25-30)18-8-5-2)36(35)34(32)31-24-17-21-29(26-31)19-9-6-3;2*1-3-4-2;/h16-17,20-21,23-27H,4-15,18-19,22H2,1-3H3;2*1,3-4H2,2H3;/q;2*-1;+2. The summed E-state index contributed by atoms with van der Waals surface area (Å²) in [6, 6.07) is 17.6. The Kier molecular flexibility index (Phi) is 27.3. The van der Waals surface area contributed by atoms with Crippen molar-refractivity contribution >= 4 is 11.4 Å². The molecule has 0 atom stereocenters. The average molecular weight is 705 g/mol. The molecule has 0 aromatic heterocycles. The van der Waals surface area contributed by atoms with Gasteiger partial charge in [0.2, 0.25) is 11.4 Å². The maximum Gasteiger partial charge on any atom is 2.00 e. The summed E-state index contributed by atoms with van der Waals surface area (Å²) in [5.74, 6) is 0. The van der Waals surface area contributed by atoms with Crippen molar-refractivity contribution in [3.05, 3.63) is 102 Å². The first kappa shape index (κ1) is 43.2. The van der Waals surface area contributed by atoms with Gasteiger partial charge in [0.1, 0.15) is 0 Å². The Balaban J connectivity index is 0.00000192. The molecule has 0 N–H and O–H groups in total. The summed E-state index contributed by atoms with van der Waals surface area (Å²) in [6.07, 6.45) is 25.3. The quantitative estimate of drug-likeness (QED) is 0.0602. The third kappa shape index (κ3) is 17.6. The van der Waals surface area contributed by atoms with Gasteiger partial charge in [0, 0.05) is 22.8 Å². The summed E-state index contributed by atoms with van der Waals surface area (Å²) in [5.41, 5.74) is 19.6. The molecule has 0 amide bonds. The number of allylic oxidation sites excluding steroid dienone is 2. The number of aryl methyl sites for hydroxylation is 2. The Labute approximate surface area is 293 Å². The Hall–Kier alpha value is -1.82. The molecular formula is C42H66N2Pd. The topological polar surface area (TPSA) is 25.3 Å². The van der Waals surface area contributed by atoms with Crippen LogP contribution in [0, 0.1) is 13.8 Å². The zero-order chi connectivity index (χ0) is 32.4. The van der Waals surface area contributed by atoms with Gasteiger partial charge in [-0.2, -0.15) is 12.8 Å². The Bertz CT molecular complexity index is 1090. The molecular weight excluding hydrogens is 639 g/mol. The van der Waals surface area contributed by atoms with Crippen LogP contribution in [0.15, 0.2) is 60.2 Å². The molecule has 1 aliphatic heterocycles. The zero-order valence-electron chi connectivity index (χ0n) is 29.8. The summed E-state index contributed by atoms with van der Waals surface area (Å²) < 4.78 is 1.47. The summed E-state index contributed by atoms with van der Waals surface area (Å²) in [4.78, 5) is 0. The van der Waals surface area contributed by atoms with Gasteiger partial charge in [-0.15, -0.1) is 0 Å². The van der Waals surface area contributed by atoms with Crippen molar-refractivity contribution in [1.82, 2.24) is 0 Å². The molecule has 0 unspecified atom stereocenters. The first-order chi connectivity index (χ1) is 21.5. The number of unbranched alkanes of at least 4 members (excludes halogenated alkanes) is 11. The Morgan fingerprint density at radius 1 is 0.556 bits per heavy atom. The smallest absolute Gasteiger partial charge is 0.493 e. The summed E-state index contributed by atoms with van der Waals surface area (Å²) in [6.45, 7) is 18.2. The van der Waals surface area contributed by atoms with E-state index >= 15 is 0 Å². The second-order valence-corrected chi connectivity index (χ2v) is 12.3. The molecule has 45 heavy (non-hydrogen) atoms. The van der Waals surface area contributed by atoms with Gasteiger partial charge in [-0.05, 0) is 73.9 Å². The molecule has 0 radical (unpaired) electrons. The van der Waals surface area contributed by atoms with Crippen LogP contribution in [0.2, 0.25) is 0 Å². The third-order valence-electron chi connectivity index (χ3n) is 8.12. The number of benzene rings is 2. The van der Waals surface area contributed by atoms with Crippen LogP contribution >= 0.6 is 0 Å². The first-order valence-electron chi connectivity index (χ1n) is 18.2. The fourth-order valence-corrected chi connectivity index (χ4v) is 5.23. The van der Waals surface area contributed by atoms with Crippen LogP contribution in [0.25, 0.3) is 16.9 Å². The number of hydrogen-bond donors (Lipinski definition) is 0. The molecule has 3 rings (SSSR count). The number of rotatable bonds is 19. The molecule has 2 aromatic rings. The van der Waals surface area contributed by atoms with Gasteiger partial charge in [0.05, 0.1) is 0 Å². The van der Waals surface area contributed by atoms with E-state index in [1.807, 2.05) is 0 Å². The Morgan fingerprint density at radius 3 is 1.49 bits per heavy atom. The zero-order valence-corrected chi connectivity index (χ0v) is 31.3. The van der Waals surface area contributed by atoms with E-state index in [0.29, 0.717) is 0 Å². The fraction of sp³-hybridized carbons (Fsp3) is 0.571. The molecule has 0 saturated carbocycles. The minimum Gasteiger partial charge on any atom is -0.493 e. The van der Waals surface area contributed by atoms with Gasteiger partial charge in [-0.3, -0.25) is 0 Å². The minimum absolute atomic E-state index is 0. The van der Waals surface area contributed by atoms with E-state index in [-0.39, 0.29) is 20.4 Å². The van der Waals surface area contributed by atoms with Gasteiger partial charge in [0.15, 0.2) is 0 Å². The molecule has 1 aliphatic rings. The van der Waals surface area contributed by atoms with Crippen molar-refractivity contribution in [2.45, 2.75) is 157 Å². The molecule has 0 aliphatic carbocycles. The van der Waals surface area contributed by atoms with Crippen molar-refractivity contribution in [2.24, 2.45) is 0 Å². The first-order valence-corrected chi connectivity index (χ1v) is 18.2. The predicted molar refractivity (Wildman–Crippen MR) is 196 cm³/mol. The normalized spacial score (nSPS) is 12.2. The van der Waals surface area contributed by atoms with Crippen LogP contribution in [-0.2, 0) is 33.3 Å². The molecule has 0 fully saturated rings. The van der Waals surface area contributed by atoms with E-state index < -0.39 is 0 Å². The molecule has 254 valence electrons. The largest absolute Gasteiger partial charge is 2.00 e. The number of hydrogen-bond acceptors (Lipinski definition) is 0. The van der Waals surface area contributed by atoms with Crippen LogP contribution in [0.3, 0.4) is 0 Å². The van der Waals surface area contributed by atoms with Crippen LogP contribution in [-0.4, -0.2) is 4.70 Å². The SMILES string of the molecule is CCCCCCCCCCC1=C(c2cccc(CCCC)c2)[N+](=[N-])C(c2cccc(CCCC)c2)=C1.[CH2-]CCC.[CH2-]CCC.[Pd+2]. The van der Waals surface area contributed by atoms with Crippen LogP contribution < -0.4 is 0 Å². The van der Waals surface area contributed by atoms with Crippen molar-refractivity contribution in [2.75, 3.05) is 0 Å². The van der Waals surface area contributed by atoms with E-state index in [4.69, 9.17) is 0 Å². The second kappa shape index (κ2) is 28.4. The van der Waals surface area contributed by atoms with Gasteiger partial charge < -0.3 is 19.4 Å². The van der Waals surface area contributed by atoms with Crippen LogP contribution in [0.1, 0.15) is 166 Å². The molecule has 2 aromatic carbocycles. The van der Waals surface area contributed by atoms with E-state index in [1.165, 1.54) is 111 Å². The van der Waals surface area contributed by atoms with Gasteiger partial charge in [-0.1, -0.05) is 130 Å². The molecule has 3 heteroatoms. The maximum absolute atomic E-state index is 11.5.